The molecular formula is C87H72N2O3. The van der Waals surface area contributed by atoms with Crippen LogP contribution in [-0.2, 0) is 27.1 Å². The van der Waals surface area contributed by atoms with Gasteiger partial charge in [0.25, 0.3) is 0 Å². The van der Waals surface area contributed by atoms with Gasteiger partial charge >= 0.3 is 0 Å². The molecule has 15 aromatic rings. The van der Waals surface area contributed by atoms with Gasteiger partial charge in [0.1, 0.15) is 33.5 Å². The first-order valence-corrected chi connectivity index (χ1v) is 32.5. The van der Waals surface area contributed by atoms with E-state index in [1.165, 1.54) is 94.3 Å². The molecule has 3 aliphatic carbocycles. The van der Waals surface area contributed by atoms with Crippen LogP contribution in [0.3, 0.4) is 0 Å². The van der Waals surface area contributed by atoms with Crippen LogP contribution in [0, 0.1) is 0 Å². The van der Waals surface area contributed by atoms with Crippen molar-refractivity contribution in [1.29, 1.82) is 0 Å². The fourth-order valence-electron chi connectivity index (χ4n) is 16.1. The SMILES string of the molecule is CC1(C)c2cc(N(c3ccccc3)c3ccc4c(c3)oc3ccccc34)ccc2-c2cc3c(cc2C1(C)C)oc1ccccc13.CC1(C)c2ccccc2-c2ccc(N(c3ccccc3)c3ccc4c(c3)C(C)(C)C(C)(C)c3c-4ccc4oc5ccccc5c34)cc21. The number of rotatable bonds is 6. The Balaban J connectivity index is 0.000000141. The minimum absolute atomic E-state index is 0.0710. The van der Waals surface area contributed by atoms with Crippen LogP contribution in [0.15, 0.2) is 268 Å². The number of anilines is 6. The summed E-state index contributed by atoms with van der Waals surface area (Å²) in [5, 5.41) is 7.04. The zero-order valence-corrected chi connectivity index (χ0v) is 53.9. The van der Waals surface area contributed by atoms with Crippen LogP contribution >= 0.6 is 0 Å². The van der Waals surface area contributed by atoms with Crippen molar-refractivity contribution in [1.82, 2.24) is 0 Å². The Bertz CT molecular complexity index is 5520. The summed E-state index contributed by atoms with van der Waals surface area (Å²) < 4.78 is 19.1. The molecule has 0 atom stereocenters. The molecule has 0 aliphatic heterocycles. The van der Waals surface area contributed by atoms with Crippen molar-refractivity contribution in [2.24, 2.45) is 0 Å². The van der Waals surface area contributed by atoms with Crippen molar-refractivity contribution in [2.75, 3.05) is 9.80 Å². The summed E-state index contributed by atoms with van der Waals surface area (Å²) in [5.74, 6) is 0. The van der Waals surface area contributed by atoms with E-state index >= 15 is 0 Å². The van der Waals surface area contributed by atoms with Crippen LogP contribution in [0.25, 0.3) is 99.2 Å². The van der Waals surface area contributed by atoms with E-state index in [2.05, 4.69) is 316 Å². The maximum Gasteiger partial charge on any atom is 0.137 e. The molecular weight excluding hydrogens is 1120 g/mol. The lowest BCUT2D eigenvalue weighted by Gasteiger charge is -2.49. The molecule has 0 radical (unpaired) electrons. The first kappa shape index (κ1) is 55.7. The Morgan fingerprint density at radius 2 is 0.620 bits per heavy atom. The van der Waals surface area contributed by atoms with Crippen LogP contribution in [0.2, 0.25) is 0 Å². The molecule has 18 rings (SSSR count). The van der Waals surface area contributed by atoms with E-state index in [1.54, 1.807) is 0 Å². The summed E-state index contributed by atoms with van der Waals surface area (Å²) in [7, 11) is 0. The molecule has 0 saturated heterocycles. The van der Waals surface area contributed by atoms with E-state index in [9.17, 15) is 0 Å². The van der Waals surface area contributed by atoms with Gasteiger partial charge in [-0.2, -0.15) is 0 Å². The van der Waals surface area contributed by atoms with Gasteiger partial charge in [-0.05, 0) is 192 Å². The maximum absolute atomic E-state index is 6.38. The van der Waals surface area contributed by atoms with Crippen LogP contribution in [0.5, 0.6) is 0 Å². The Morgan fingerprint density at radius 3 is 1.22 bits per heavy atom. The van der Waals surface area contributed by atoms with Gasteiger partial charge in [0.05, 0.1) is 0 Å². The molecule has 0 unspecified atom stereocenters. The van der Waals surface area contributed by atoms with Gasteiger partial charge in [0.15, 0.2) is 0 Å². The third kappa shape index (κ3) is 7.97. The minimum atomic E-state index is -0.166. The Labute approximate surface area is 537 Å². The van der Waals surface area contributed by atoms with Crippen LogP contribution in [-0.4, -0.2) is 0 Å². The number of hydrogen-bond donors (Lipinski definition) is 0. The molecule has 12 aromatic carbocycles. The molecule has 0 fully saturated rings. The molecule has 0 amide bonds. The summed E-state index contributed by atoms with van der Waals surface area (Å²) in [6.07, 6.45) is 0. The number of nitrogens with zero attached hydrogens (tertiary/aromatic N) is 2. The number of hydrogen-bond acceptors (Lipinski definition) is 5. The van der Waals surface area contributed by atoms with Gasteiger partial charge in [-0.15, -0.1) is 0 Å². The molecule has 92 heavy (non-hydrogen) atoms. The fourth-order valence-corrected chi connectivity index (χ4v) is 16.1. The normalized spacial score (nSPS) is 15.7. The van der Waals surface area contributed by atoms with Gasteiger partial charge in [-0.3, -0.25) is 0 Å². The van der Waals surface area contributed by atoms with E-state index in [-0.39, 0.29) is 27.1 Å². The van der Waals surface area contributed by atoms with E-state index in [1.807, 2.05) is 18.2 Å². The van der Waals surface area contributed by atoms with Gasteiger partial charge < -0.3 is 23.1 Å². The summed E-state index contributed by atoms with van der Waals surface area (Å²) in [6.45, 7) is 23.9. The zero-order chi connectivity index (χ0) is 62.8. The second kappa shape index (κ2) is 19.8. The second-order valence-corrected chi connectivity index (χ2v) is 28.4. The lowest BCUT2D eigenvalue weighted by Crippen LogP contribution is -2.43. The predicted molar refractivity (Wildman–Crippen MR) is 385 cm³/mol. The van der Waals surface area contributed by atoms with E-state index in [0.29, 0.717) is 0 Å². The molecule has 0 spiro atoms. The summed E-state index contributed by atoms with van der Waals surface area (Å²) >= 11 is 0. The van der Waals surface area contributed by atoms with Crippen molar-refractivity contribution < 1.29 is 13.3 Å². The highest BCUT2D eigenvalue weighted by Crippen LogP contribution is 2.60. The monoisotopic (exact) mass is 1190 g/mol. The molecule has 0 N–H and O–H groups in total. The number of benzene rings is 12. The lowest BCUT2D eigenvalue weighted by molar-refractivity contribution is 0.299. The highest BCUT2D eigenvalue weighted by molar-refractivity contribution is 6.11. The third-order valence-corrected chi connectivity index (χ3v) is 22.4. The largest absolute Gasteiger partial charge is 0.456 e. The van der Waals surface area contributed by atoms with Crippen molar-refractivity contribution in [2.45, 2.75) is 96.3 Å². The van der Waals surface area contributed by atoms with E-state index in [4.69, 9.17) is 13.3 Å². The van der Waals surface area contributed by atoms with Crippen molar-refractivity contribution in [3.05, 3.63) is 288 Å². The maximum atomic E-state index is 6.38. The second-order valence-electron chi connectivity index (χ2n) is 28.4. The molecule has 3 heterocycles. The standard InChI is InChI=1S/C45H39NO.C42H33NO2/c1-43(2)36-18-12-10-16-31(36)32-22-20-29(26-37(32)43)46(28-14-8-7-9-15-28)30-21-23-33-34-24-25-40-41(35-17-11-13-19-39(35)47-40)42(34)45(5,6)44(3,4)38(33)27-30;1-41(2)35-22-27(18-20-29(35)33-24-34-31-15-9-11-17-38(31)45-40(34)25-36(33)42(41,3)4)43(26-12-6-5-7-13-26)28-19-21-32-30-14-8-10-16-37(30)44-39(32)23-28/h7-27H,1-6H3;5-25H,1-4H3. The van der Waals surface area contributed by atoms with Crippen molar-refractivity contribution in [3.63, 3.8) is 0 Å². The average molecular weight is 1190 g/mol. The van der Waals surface area contributed by atoms with Crippen molar-refractivity contribution in [3.8, 4) is 33.4 Å². The number of para-hydroxylation sites is 5. The molecule has 5 heteroatoms. The molecule has 0 bridgehead atoms. The first-order valence-electron chi connectivity index (χ1n) is 32.5. The molecule has 448 valence electrons. The summed E-state index contributed by atoms with van der Waals surface area (Å²) in [4.78, 5) is 4.78. The van der Waals surface area contributed by atoms with Gasteiger partial charge in [0.2, 0.25) is 0 Å². The summed E-state index contributed by atoms with van der Waals surface area (Å²) in [5.41, 5.74) is 27.7. The van der Waals surface area contributed by atoms with Crippen LogP contribution in [0.1, 0.15) is 103 Å². The van der Waals surface area contributed by atoms with Crippen LogP contribution < -0.4 is 9.80 Å². The fraction of sp³-hybridized carbons (Fsp3) is 0.172. The molecule has 3 aliphatic rings. The highest BCUT2D eigenvalue weighted by Gasteiger charge is 2.49. The third-order valence-electron chi connectivity index (χ3n) is 22.4. The molecule has 5 nitrogen and oxygen atoms in total. The average Bonchev–Trinajstić information content (AvgIpc) is 0.983. The Kier molecular flexibility index (Phi) is 12.0. The quantitative estimate of drug-likeness (QED) is 0.166. The topological polar surface area (TPSA) is 45.9 Å². The number of furan rings is 3. The summed E-state index contributed by atoms with van der Waals surface area (Å²) in [6, 6.07) is 92.2. The Morgan fingerprint density at radius 1 is 0.228 bits per heavy atom. The molecule has 0 saturated carbocycles. The van der Waals surface area contributed by atoms with E-state index in [0.717, 1.165) is 72.4 Å². The highest BCUT2D eigenvalue weighted by atomic mass is 16.3. The lowest BCUT2D eigenvalue weighted by atomic mass is 9.55. The smallest absolute Gasteiger partial charge is 0.137 e. The molecule has 3 aromatic heterocycles. The predicted octanol–water partition coefficient (Wildman–Crippen LogP) is 24.8. The van der Waals surface area contributed by atoms with Crippen LogP contribution in [0.4, 0.5) is 34.1 Å². The Hall–Kier alpha value is -10.4. The van der Waals surface area contributed by atoms with Gasteiger partial charge in [-0.25, -0.2) is 0 Å². The van der Waals surface area contributed by atoms with Gasteiger partial charge in [-0.1, -0.05) is 209 Å². The van der Waals surface area contributed by atoms with E-state index < -0.39 is 0 Å². The minimum Gasteiger partial charge on any atom is -0.456 e. The number of fused-ring (bicyclic) bond motifs is 19. The first-order chi connectivity index (χ1) is 44.4. The van der Waals surface area contributed by atoms with Gasteiger partial charge in [0, 0.05) is 83.3 Å². The zero-order valence-electron chi connectivity index (χ0n) is 53.9. The van der Waals surface area contributed by atoms with Crippen molar-refractivity contribution >= 4 is 99.9 Å².